The van der Waals surface area contributed by atoms with Crippen LogP contribution in [0.1, 0.15) is 13.8 Å². The maximum absolute atomic E-state index is 9.09. The lowest BCUT2D eigenvalue weighted by Gasteiger charge is -2.30. The Kier molecular flexibility index (Phi) is 3.87. The molecule has 13 heavy (non-hydrogen) atoms. The van der Waals surface area contributed by atoms with Gasteiger partial charge in [0.15, 0.2) is 6.29 Å². The number of aliphatic hydroxyl groups excluding tert-OH is 2. The molecule has 1 aliphatic rings. The second kappa shape index (κ2) is 4.72. The lowest BCUT2D eigenvalue weighted by Crippen LogP contribution is -2.40. The fourth-order valence-electron chi connectivity index (χ4n) is 1.22. The van der Waals surface area contributed by atoms with E-state index in [9.17, 15) is 0 Å². The van der Waals surface area contributed by atoms with Gasteiger partial charge in [-0.05, 0) is 19.9 Å². The first-order valence-electron chi connectivity index (χ1n) is 4.41. The minimum absolute atomic E-state index is 0.0718. The summed E-state index contributed by atoms with van der Waals surface area (Å²) in [7, 11) is 0. The number of hydrogen-bond acceptors (Lipinski definition) is 4. The number of hydrogen-bond donors (Lipinski definition) is 2. The predicted octanol–water partition coefficient (Wildman–Crippen LogP) is 0.0457. The molecule has 3 atom stereocenters. The van der Waals surface area contributed by atoms with Gasteiger partial charge in [0.1, 0.15) is 12.2 Å². The van der Waals surface area contributed by atoms with Crippen molar-refractivity contribution in [1.82, 2.24) is 0 Å². The summed E-state index contributed by atoms with van der Waals surface area (Å²) in [6.45, 7) is 3.67. The van der Waals surface area contributed by atoms with Gasteiger partial charge in [-0.2, -0.15) is 0 Å². The maximum atomic E-state index is 9.09. The minimum atomic E-state index is -0.927. The van der Waals surface area contributed by atoms with Gasteiger partial charge in [0.2, 0.25) is 0 Å². The molecule has 1 rings (SSSR count). The number of ether oxygens (including phenoxy) is 2. The fourth-order valence-corrected chi connectivity index (χ4v) is 1.22. The highest BCUT2D eigenvalue weighted by Crippen LogP contribution is 2.15. The molecule has 1 aliphatic heterocycles. The monoisotopic (exact) mass is 188 g/mol. The van der Waals surface area contributed by atoms with Gasteiger partial charge in [0, 0.05) is 0 Å². The summed E-state index contributed by atoms with van der Waals surface area (Å²) in [6.07, 6.45) is 1.64. The third-order valence-electron chi connectivity index (χ3n) is 1.76. The standard InChI is InChI=1S/C9H16O4/c1-6(2)12-7-3-4-9(11)13-8(7)5-10/h3-4,6-11H,5H2,1-2H3/t7-,8+,9-/m0/s1. The van der Waals surface area contributed by atoms with Gasteiger partial charge in [0.05, 0.1) is 12.7 Å². The molecule has 76 valence electrons. The molecule has 4 heteroatoms. The van der Waals surface area contributed by atoms with Crippen LogP contribution in [0, 0.1) is 0 Å². The Morgan fingerprint density at radius 1 is 1.46 bits per heavy atom. The molecule has 0 spiro atoms. The summed E-state index contributed by atoms with van der Waals surface area (Å²) < 4.78 is 10.5. The van der Waals surface area contributed by atoms with Crippen molar-refractivity contribution in [1.29, 1.82) is 0 Å². The smallest absolute Gasteiger partial charge is 0.174 e. The maximum Gasteiger partial charge on any atom is 0.174 e. The van der Waals surface area contributed by atoms with E-state index in [0.29, 0.717) is 0 Å². The third kappa shape index (κ3) is 3.08. The van der Waals surface area contributed by atoms with E-state index >= 15 is 0 Å². The lowest BCUT2D eigenvalue weighted by molar-refractivity contribution is -0.171. The van der Waals surface area contributed by atoms with Crippen molar-refractivity contribution >= 4 is 0 Å². The topological polar surface area (TPSA) is 58.9 Å². The van der Waals surface area contributed by atoms with Gasteiger partial charge < -0.3 is 19.7 Å². The molecule has 0 aromatic heterocycles. The molecular formula is C9H16O4. The SMILES string of the molecule is CC(C)O[C@H]1C=C[C@@H](O)O[C@@H]1CO. The van der Waals surface area contributed by atoms with E-state index in [0.717, 1.165) is 0 Å². The minimum Gasteiger partial charge on any atom is -0.394 e. The van der Waals surface area contributed by atoms with Crippen molar-refractivity contribution < 1.29 is 19.7 Å². The van der Waals surface area contributed by atoms with Gasteiger partial charge in [-0.1, -0.05) is 6.08 Å². The van der Waals surface area contributed by atoms with Crippen LogP contribution in [0.4, 0.5) is 0 Å². The van der Waals surface area contributed by atoms with Gasteiger partial charge in [-0.25, -0.2) is 0 Å². The largest absolute Gasteiger partial charge is 0.394 e. The van der Waals surface area contributed by atoms with Crippen molar-refractivity contribution in [2.75, 3.05) is 6.61 Å². The van der Waals surface area contributed by atoms with E-state index in [-0.39, 0.29) is 18.8 Å². The van der Waals surface area contributed by atoms with E-state index in [1.807, 2.05) is 13.8 Å². The predicted molar refractivity (Wildman–Crippen MR) is 47.1 cm³/mol. The Hall–Kier alpha value is -0.420. The molecule has 0 aliphatic carbocycles. The quantitative estimate of drug-likeness (QED) is 0.614. The van der Waals surface area contributed by atoms with Gasteiger partial charge >= 0.3 is 0 Å². The highest BCUT2D eigenvalue weighted by atomic mass is 16.6. The number of rotatable bonds is 3. The van der Waals surface area contributed by atoms with Crippen molar-refractivity contribution in [3.05, 3.63) is 12.2 Å². The van der Waals surface area contributed by atoms with Gasteiger partial charge in [-0.15, -0.1) is 0 Å². The zero-order valence-electron chi connectivity index (χ0n) is 7.88. The molecule has 0 unspecified atom stereocenters. The Bertz CT molecular complexity index is 178. The Balaban J connectivity index is 2.54. The van der Waals surface area contributed by atoms with E-state index in [1.54, 1.807) is 6.08 Å². The van der Waals surface area contributed by atoms with E-state index in [2.05, 4.69) is 0 Å². The van der Waals surface area contributed by atoms with Crippen LogP contribution in [0.5, 0.6) is 0 Å². The average molecular weight is 188 g/mol. The third-order valence-corrected chi connectivity index (χ3v) is 1.76. The van der Waals surface area contributed by atoms with Gasteiger partial charge in [0.25, 0.3) is 0 Å². The highest BCUT2D eigenvalue weighted by molar-refractivity contribution is 5.00. The summed E-state index contributed by atoms with van der Waals surface area (Å²) in [5, 5.41) is 18.0. The zero-order valence-corrected chi connectivity index (χ0v) is 7.88. The van der Waals surface area contributed by atoms with Crippen LogP contribution in [0.25, 0.3) is 0 Å². The van der Waals surface area contributed by atoms with Crippen LogP contribution in [0.15, 0.2) is 12.2 Å². The molecule has 0 saturated heterocycles. The van der Waals surface area contributed by atoms with Crippen molar-refractivity contribution in [3.8, 4) is 0 Å². The Morgan fingerprint density at radius 2 is 2.15 bits per heavy atom. The second-order valence-electron chi connectivity index (χ2n) is 3.28. The molecule has 0 fully saturated rings. The summed E-state index contributed by atoms with van der Waals surface area (Å²) in [5.74, 6) is 0. The van der Waals surface area contributed by atoms with E-state index in [1.165, 1.54) is 6.08 Å². The second-order valence-corrected chi connectivity index (χ2v) is 3.28. The van der Waals surface area contributed by atoms with Crippen LogP contribution in [-0.2, 0) is 9.47 Å². The highest BCUT2D eigenvalue weighted by Gasteiger charge is 2.26. The summed E-state index contributed by atoms with van der Waals surface area (Å²) >= 11 is 0. The lowest BCUT2D eigenvalue weighted by atomic mass is 10.1. The Morgan fingerprint density at radius 3 is 2.69 bits per heavy atom. The average Bonchev–Trinajstić information content (AvgIpc) is 2.07. The normalized spacial score (nSPS) is 34.1. The molecule has 4 nitrogen and oxygen atoms in total. The molecule has 0 aromatic carbocycles. The molecule has 2 N–H and O–H groups in total. The molecular weight excluding hydrogens is 172 g/mol. The van der Waals surface area contributed by atoms with Crippen LogP contribution in [0.2, 0.25) is 0 Å². The van der Waals surface area contributed by atoms with Crippen LogP contribution in [-0.4, -0.2) is 41.4 Å². The van der Waals surface area contributed by atoms with E-state index in [4.69, 9.17) is 19.7 Å². The summed E-state index contributed by atoms with van der Waals surface area (Å²) in [5.41, 5.74) is 0. The fraction of sp³-hybridized carbons (Fsp3) is 0.778. The summed E-state index contributed by atoms with van der Waals surface area (Å²) in [6, 6.07) is 0. The van der Waals surface area contributed by atoms with Crippen molar-refractivity contribution in [2.45, 2.75) is 38.4 Å². The molecule has 0 saturated carbocycles. The Labute approximate surface area is 77.8 Å². The van der Waals surface area contributed by atoms with Crippen LogP contribution >= 0.6 is 0 Å². The van der Waals surface area contributed by atoms with Crippen molar-refractivity contribution in [2.24, 2.45) is 0 Å². The van der Waals surface area contributed by atoms with Crippen LogP contribution < -0.4 is 0 Å². The first-order chi connectivity index (χ1) is 6.13. The molecule has 0 amide bonds. The summed E-state index contributed by atoms with van der Waals surface area (Å²) in [4.78, 5) is 0. The molecule has 0 radical (unpaired) electrons. The van der Waals surface area contributed by atoms with Crippen LogP contribution in [0.3, 0.4) is 0 Å². The first kappa shape index (κ1) is 10.7. The van der Waals surface area contributed by atoms with E-state index < -0.39 is 12.4 Å². The molecule has 1 heterocycles. The first-order valence-corrected chi connectivity index (χ1v) is 4.41. The van der Waals surface area contributed by atoms with Gasteiger partial charge in [-0.3, -0.25) is 0 Å². The molecule has 0 bridgehead atoms. The van der Waals surface area contributed by atoms with Crippen molar-refractivity contribution in [3.63, 3.8) is 0 Å². The zero-order chi connectivity index (χ0) is 9.84. The number of aliphatic hydroxyl groups is 2. The molecule has 0 aromatic rings.